The summed E-state index contributed by atoms with van der Waals surface area (Å²) in [4.78, 5) is 24.3. The molecule has 0 aromatic rings. The second kappa shape index (κ2) is 6.35. The molecule has 1 amide bonds. The van der Waals surface area contributed by atoms with Gasteiger partial charge >= 0.3 is 12.1 Å². The standard InChI is InChI=1S/C11H19NO4/c1-3-15-10(13)8-9(2)16-11(14)12-6-4-5-7-12/h9H,3-8H2,1-2H3. The van der Waals surface area contributed by atoms with E-state index in [-0.39, 0.29) is 18.5 Å². The van der Waals surface area contributed by atoms with E-state index in [9.17, 15) is 9.59 Å². The summed E-state index contributed by atoms with van der Waals surface area (Å²) in [5, 5.41) is 0. The third kappa shape index (κ3) is 4.08. The van der Waals surface area contributed by atoms with Crippen LogP contribution in [0.3, 0.4) is 0 Å². The molecule has 0 aromatic carbocycles. The first-order chi connectivity index (χ1) is 7.63. The van der Waals surface area contributed by atoms with Gasteiger partial charge in [-0.15, -0.1) is 0 Å². The Morgan fingerprint density at radius 2 is 1.94 bits per heavy atom. The van der Waals surface area contributed by atoms with Gasteiger partial charge in [-0.05, 0) is 26.7 Å². The molecule has 1 fully saturated rings. The molecule has 1 heterocycles. The number of nitrogens with zero attached hydrogens (tertiary/aromatic N) is 1. The van der Waals surface area contributed by atoms with E-state index in [2.05, 4.69) is 0 Å². The number of likely N-dealkylation sites (tertiary alicyclic amines) is 1. The molecule has 5 nitrogen and oxygen atoms in total. The predicted molar refractivity (Wildman–Crippen MR) is 58.0 cm³/mol. The molecular weight excluding hydrogens is 210 g/mol. The lowest BCUT2D eigenvalue weighted by Gasteiger charge is -2.18. The van der Waals surface area contributed by atoms with Gasteiger partial charge in [-0.3, -0.25) is 4.79 Å². The highest BCUT2D eigenvalue weighted by molar-refractivity contribution is 5.71. The van der Waals surface area contributed by atoms with Crippen molar-refractivity contribution in [3.8, 4) is 0 Å². The minimum atomic E-state index is -0.424. The molecule has 16 heavy (non-hydrogen) atoms. The SMILES string of the molecule is CCOC(=O)CC(C)OC(=O)N1CCCC1. The summed E-state index contributed by atoms with van der Waals surface area (Å²) < 4.78 is 9.91. The van der Waals surface area contributed by atoms with E-state index in [0.717, 1.165) is 25.9 Å². The number of esters is 1. The molecule has 0 bridgehead atoms. The van der Waals surface area contributed by atoms with Gasteiger partial charge in [0.2, 0.25) is 0 Å². The molecule has 1 atom stereocenters. The topological polar surface area (TPSA) is 55.8 Å². The quantitative estimate of drug-likeness (QED) is 0.686. The number of carbonyl (C=O) groups excluding carboxylic acids is 2. The minimum absolute atomic E-state index is 0.118. The van der Waals surface area contributed by atoms with Gasteiger partial charge in [-0.2, -0.15) is 0 Å². The van der Waals surface area contributed by atoms with Gasteiger partial charge in [0.25, 0.3) is 0 Å². The molecule has 1 saturated heterocycles. The van der Waals surface area contributed by atoms with Crippen molar-refractivity contribution < 1.29 is 19.1 Å². The van der Waals surface area contributed by atoms with Crippen LogP contribution >= 0.6 is 0 Å². The van der Waals surface area contributed by atoms with Crippen LogP contribution in [0.2, 0.25) is 0 Å². The molecule has 1 rings (SSSR count). The van der Waals surface area contributed by atoms with Crippen molar-refractivity contribution in [2.75, 3.05) is 19.7 Å². The number of hydrogen-bond acceptors (Lipinski definition) is 4. The largest absolute Gasteiger partial charge is 0.466 e. The Hall–Kier alpha value is -1.26. The van der Waals surface area contributed by atoms with Crippen LogP contribution in [-0.4, -0.2) is 42.8 Å². The molecule has 92 valence electrons. The normalized spacial score (nSPS) is 17.0. The Labute approximate surface area is 95.7 Å². The van der Waals surface area contributed by atoms with Crippen molar-refractivity contribution in [3.63, 3.8) is 0 Å². The van der Waals surface area contributed by atoms with Crippen molar-refractivity contribution in [3.05, 3.63) is 0 Å². The fourth-order valence-corrected chi connectivity index (χ4v) is 1.64. The molecule has 0 radical (unpaired) electrons. The van der Waals surface area contributed by atoms with Crippen LogP contribution < -0.4 is 0 Å². The number of rotatable bonds is 4. The first kappa shape index (κ1) is 12.8. The van der Waals surface area contributed by atoms with Gasteiger partial charge < -0.3 is 14.4 Å². The van der Waals surface area contributed by atoms with E-state index in [0.29, 0.717) is 6.61 Å². The Bertz CT molecular complexity index is 248. The van der Waals surface area contributed by atoms with Crippen molar-refractivity contribution in [1.29, 1.82) is 0 Å². The van der Waals surface area contributed by atoms with Crippen LogP contribution in [0.25, 0.3) is 0 Å². The zero-order valence-corrected chi connectivity index (χ0v) is 9.90. The molecule has 1 aliphatic rings. The molecule has 0 aromatic heterocycles. The maximum absolute atomic E-state index is 11.5. The van der Waals surface area contributed by atoms with E-state index in [1.807, 2.05) is 0 Å². The van der Waals surface area contributed by atoms with Crippen LogP contribution in [-0.2, 0) is 14.3 Å². The zero-order valence-electron chi connectivity index (χ0n) is 9.90. The Balaban J connectivity index is 2.24. The van der Waals surface area contributed by atoms with Crippen LogP contribution in [0.5, 0.6) is 0 Å². The molecular formula is C11H19NO4. The summed E-state index contributed by atoms with van der Waals surface area (Å²) in [5.41, 5.74) is 0. The van der Waals surface area contributed by atoms with Gasteiger partial charge in [0.1, 0.15) is 6.10 Å². The van der Waals surface area contributed by atoms with E-state index in [1.54, 1.807) is 18.7 Å². The summed E-state index contributed by atoms with van der Waals surface area (Å²) in [6.07, 6.45) is 1.43. The lowest BCUT2D eigenvalue weighted by molar-refractivity contribution is -0.145. The number of ether oxygens (including phenoxy) is 2. The molecule has 1 unspecified atom stereocenters. The third-order valence-electron chi connectivity index (χ3n) is 2.43. The lowest BCUT2D eigenvalue weighted by atomic mass is 10.3. The second-order valence-electron chi connectivity index (χ2n) is 3.90. The Morgan fingerprint density at radius 1 is 1.31 bits per heavy atom. The third-order valence-corrected chi connectivity index (χ3v) is 2.43. The van der Waals surface area contributed by atoms with E-state index in [1.165, 1.54) is 0 Å². The molecule has 0 aliphatic carbocycles. The highest BCUT2D eigenvalue weighted by atomic mass is 16.6. The monoisotopic (exact) mass is 229 g/mol. The van der Waals surface area contributed by atoms with Crippen molar-refractivity contribution in [2.45, 2.75) is 39.2 Å². The average Bonchev–Trinajstić information content (AvgIpc) is 2.69. The fraction of sp³-hybridized carbons (Fsp3) is 0.818. The average molecular weight is 229 g/mol. The first-order valence-corrected chi connectivity index (χ1v) is 5.74. The zero-order chi connectivity index (χ0) is 12.0. The predicted octanol–water partition coefficient (Wildman–Crippen LogP) is 1.56. The molecule has 1 aliphatic heterocycles. The van der Waals surface area contributed by atoms with Crippen molar-refractivity contribution in [1.82, 2.24) is 4.90 Å². The highest BCUT2D eigenvalue weighted by Gasteiger charge is 2.22. The molecule has 0 spiro atoms. The van der Waals surface area contributed by atoms with Crippen LogP contribution in [0.4, 0.5) is 4.79 Å². The Kier molecular flexibility index (Phi) is 5.08. The lowest BCUT2D eigenvalue weighted by Crippen LogP contribution is -2.32. The van der Waals surface area contributed by atoms with E-state index < -0.39 is 6.10 Å². The smallest absolute Gasteiger partial charge is 0.410 e. The van der Waals surface area contributed by atoms with Crippen molar-refractivity contribution >= 4 is 12.1 Å². The van der Waals surface area contributed by atoms with Gasteiger partial charge in [0, 0.05) is 13.1 Å². The number of amides is 1. The number of hydrogen-bond donors (Lipinski definition) is 0. The first-order valence-electron chi connectivity index (χ1n) is 5.74. The second-order valence-corrected chi connectivity index (χ2v) is 3.90. The van der Waals surface area contributed by atoms with Gasteiger partial charge in [-0.1, -0.05) is 0 Å². The molecule has 5 heteroatoms. The summed E-state index contributed by atoms with van der Waals surface area (Å²) in [6, 6.07) is 0. The minimum Gasteiger partial charge on any atom is -0.466 e. The summed E-state index contributed by atoms with van der Waals surface area (Å²) in [6.45, 7) is 5.31. The summed E-state index contributed by atoms with van der Waals surface area (Å²) in [7, 11) is 0. The maximum Gasteiger partial charge on any atom is 0.410 e. The summed E-state index contributed by atoms with van der Waals surface area (Å²) in [5.74, 6) is -0.329. The van der Waals surface area contributed by atoms with E-state index >= 15 is 0 Å². The maximum atomic E-state index is 11.5. The Morgan fingerprint density at radius 3 is 2.50 bits per heavy atom. The van der Waals surface area contributed by atoms with Gasteiger partial charge in [0.05, 0.1) is 13.0 Å². The van der Waals surface area contributed by atoms with Crippen LogP contribution in [0.15, 0.2) is 0 Å². The van der Waals surface area contributed by atoms with E-state index in [4.69, 9.17) is 9.47 Å². The van der Waals surface area contributed by atoms with Crippen LogP contribution in [0, 0.1) is 0 Å². The number of carbonyl (C=O) groups is 2. The highest BCUT2D eigenvalue weighted by Crippen LogP contribution is 2.11. The van der Waals surface area contributed by atoms with Gasteiger partial charge in [0.15, 0.2) is 0 Å². The molecule has 0 saturated carbocycles. The van der Waals surface area contributed by atoms with Crippen molar-refractivity contribution in [2.24, 2.45) is 0 Å². The van der Waals surface area contributed by atoms with Crippen LogP contribution in [0.1, 0.15) is 33.1 Å². The molecule has 0 N–H and O–H groups in total. The van der Waals surface area contributed by atoms with Gasteiger partial charge in [-0.25, -0.2) is 4.79 Å². The summed E-state index contributed by atoms with van der Waals surface area (Å²) >= 11 is 0. The fourth-order valence-electron chi connectivity index (χ4n) is 1.64.